The number of hydrogen-bond acceptors (Lipinski definition) is 2. The lowest BCUT2D eigenvalue weighted by molar-refractivity contribution is -0.117. The van der Waals surface area contributed by atoms with E-state index in [1.165, 1.54) is 0 Å². The zero-order chi connectivity index (χ0) is 19.2. The number of thiocarbonyl (C=S) groups is 1. The van der Waals surface area contributed by atoms with Crippen LogP contribution in [0.15, 0.2) is 78.9 Å². The number of aryl methyl sites for hydroxylation is 1. The number of primary amides is 1. The summed E-state index contributed by atoms with van der Waals surface area (Å²) in [5.74, 6) is -0.380. The molecule has 0 saturated heterocycles. The fourth-order valence-corrected chi connectivity index (χ4v) is 3.24. The van der Waals surface area contributed by atoms with Gasteiger partial charge in [0.25, 0.3) is 0 Å². The van der Waals surface area contributed by atoms with Gasteiger partial charge in [0.2, 0.25) is 5.91 Å². The van der Waals surface area contributed by atoms with E-state index >= 15 is 0 Å². The van der Waals surface area contributed by atoms with Crippen LogP contribution in [-0.4, -0.2) is 11.0 Å². The first kappa shape index (κ1) is 18.6. The average molecular weight is 375 g/mol. The average Bonchev–Trinajstić information content (AvgIpc) is 2.65. The summed E-state index contributed by atoms with van der Waals surface area (Å²) in [7, 11) is 0. The van der Waals surface area contributed by atoms with E-state index in [1.807, 2.05) is 90.7 Å². The van der Waals surface area contributed by atoms with Crippen molar-refractivity contribution in [3.8, 4) is 0 Å². The predicted octanol–water partition coefficient (Wildman–Crippen LogP) is 4.56. The van der Waals surface area contributed by atoms with Crippen LogP contribution < -0.4 is 16.0 Å². The maximum absolute atomic E-state index is 11.6. The van der Waals surface area contributed by atoms with Crippen LogP contribution in [0.4, 0.5) is 17.1 Å². The SMILES string of the molecule is Cc1ccccc1N(C(=S)Nc1ccccc1)c1ccccc1CC(N)=O. The lowest BCUT2D eigenvalue weighted by Gasteiger charge is -2.29. The molecule has 0 aromatic heterocycles. The molecule has 5 heteroatoms. The molecule has 3 N–H and O–H groups in total. The number of para-hydroxylation sites is 3. The maximum Gasteiger partial charge on any atom is 0.221 e. The van der Waals surface area contributed by atoms with E-state index in [-0.39, 0.29) is 12.3 Å². The maximum atomic E-state index is 11.6. The Hall–Kier alpha value is -3.18. The topological polar surface area (TPSA) is 58.4 Å². The van der Waals surface area contributed by atoms with E-state index in [2.05, 4.69) is 5.32 Å². The second kappa shape index (κ2) is 8.47. The zero-order valence-electron chi connectivity index (χ0n) is 15.1. The second-order valence-electron chi connectivity index (χ2n) is 6.19. The van der Waals surface area contributed by atoms with Crippen molar-refractivity contribution in [3.05, 3.63) is 90.0 Å². The van der Waals surface area contributed by atoms with Gasteiger partial charge in [0.1, 0.15) is 0 Å². The number of amides is 1. The van der Waals surface area contributed by atoms with Crippen molar-refractivity contribution in [2.24, 2.45) is 5.73 Å². The second-order valence-corrected chi connectivity index (χ2v) is 6.58. The molecule has 4 nitrogen and oxygen atoms in total. The van der Waals surface area contributed by atoms with E-state index in [0.29, 0.717) is 5.11 Å². The zero-order valence-corrected chi connectivity index (χ0v) is 15.9. The Labute approximate surface area is 164 Å². The highest BCUT2D eigenvalue weighted by Gasteiger charge is 2.20. The predicted molar refractivity (Wildman–Crippen MR) is 115 cm³/mol. The summed E-state index contributed by atoms with van der Waals surface area (Å²) in [4.78, 5) is 13.5. The number of hydrogen-bond donors (Lipinski definition) is 2. The van der Waals surface area contributed by atoms with Gasteiger partial charge in [-0.2, -0.15) is 0 Å². The molecular formula is C22H21N3OS. The first-order valence-corrected chi connectivity index (χ1v) is 9.05. The fraction of sp³-hybridized carbons (Fsp3) is 0.0909. The third-order valence-corrected chi connectivity index (χ3v) is 4.47. The smallest absolute Gasteiger partial charge is 0.221 e. The minimum absolute atomic E-state index is 0.145. The van der Waals surface area contributed by atoms with Gasteiger partial charge in [-0.25, -0.2) is 0 Å². The number of carbonyl (C=O) groups is 1. The Morgan fingerprint density at radius 3 is 2.19 bits per heavy atom. The van der Waals surface area contributed by atoms with Crippen molar-refractivity contribution >= 4 is 40.3 Å². The quantitative estimate of drug-likeness (QED) is 0.642. The monoisotopic (exact) mass is 375 g/mol. The molecule has 0 unspecified atom stereocenters. The van der Waals surface area contributed by atoms with Gasteiger partial charge in [-0.3, -0.25) is 9.69 Å². The molecule has 0 aliphatic heterocycles. The lowest BCUT2D eigenvalue weighted by atomic mass is 10.1. The van der Waals surface area contributed by atoms with E-state index in [0.717, 1.165) is 28.2 Å². The molecule has 0 heterocycles. The minimum Gasteiger partial charge on any atom is -0.369 e. The summed E-state index contributed by atoms with van der Waals surface area (Å²) in [5.41, 5.74) is 10.0. The Morgan fingerprint density at radius 1 is 0.926 bits per heavy atom. The largest absolute Gasteiger partial charge is 0.369 e. The molecule has 0 aliphatic carbocycles. The van der Waals surface area contributed by atoms with Crippen LogP contribution in [0, 0.1) is 6.92 Å². The van der Waals surface area contributed by atoms with Crippen molar-refractivity contribution in [1.29, 1.82) is 0 Å². The van der Waals surface area contributed by atoms with E-state index in [9.17, 15) is 4.79 Å². The molecule has 136 valence electrons. The van der Waals surface area contributed by atoms with Crippen LogP contribution in [-0.2, 0) is 11.2 Å². The summed E-state index contributed by atoms with van der Waals surface area (Å²) >= 11 is 5.75. The van der Waals surface area contributed by atoms with Crippen molar-refractivity contribution in [3.63, 3.8) is 0 Å². The highest BCUT2D eigenvalue weighted by molar-refractivity contribution is 7.80. The van der Waals surface area contributed by atoms with E-state index in [4.69, 9.17) is 18.0 Å². The minimum atomic E-state index is -0.380. The Kier molecular flexibility index (Phi) is 5.84. The summed E-state index contributed by atoms with van der Waals surface area (Å²) in [6.45, 7) is 2.03. The molecule has 1 amide bonds. The third-order valence-electron chi connectivity index (χ3n) is 4.18. The molecule has 3 aromatic rings. The summed E-state index contributed by atoms with van der Waals surface area (Å²) in [6, 6.07) is 25.4. The van der Waals surface area contributed by atoms with Gasteiger partial charge in [-0.1, -0.05) is 54.6 Å². The molecule has 3 rings (SSSR count). The highest BCUT2D eigenvalue weighted by atomic mass is 32.1. The van der Waals surface area contributed by atoms with E-state index < -0.39 is 0 Å². The fourth-order valence-electron chi connectivity index (χ4n) is 2.93. The molecule has 0 fully saturated rings. The molecule has 0 spiro atoms. The van der Waals surface area contributed by atoms with E-state index in [1.54, 1.807) is 0 Å². The molecule has 0 atom stereocenters. The first-order valence-electron chi connectivity index (χ1n) is 8.64. The van der Waals surface area contributed by atoms with Crippen LogP contribution in [0.3, 0.4) is 0 Å². The van der Waals surface area contributed by atoms with Crippen molar-refractivity contribution in [2.45, 2.75) is 13.3 Å². The highest BCUT2D eigenvalue weighted by Crippen LogP contribution is 2.32. The summed E-state index contributed by atoms with van der Waals surface area (Å²) < 4.78 is 0. The molecule has 3 aromatic carbocycles. The third kappa shape index (κ3) is 4.51. The van der Waals surface area contributed by atoms with Gasteiger partial charge in [-0.05, 0) is 54.5 Å². The Balaban J connectivity index is 2.08. The molecular weight excluding hydrogens is 354 g/mol. The number of benzene rings is 3. The van der Waals surface area contributed by atoms with Crippen LogP contribution >= 0.6 is 12.2 Å². The summed E-state index contributed by atoms with van der Waals surface area (Å²) in [5, 5.41) is 3.81. The van der Waals surface area contributed by atoms with Crippen LogP contribution in [0.2, 0.25) is 0 Å². The van der Waals surface area contributed by atoms with Gasteiger partial charge in [0.05, 0.1) is 17.8 Å². The van der Waals surface area contributed by atoms with Crippen molar-refractivity contribution in [1.82, 2.24) is 0 Å². The summed E-state index contributed by atoms with van der Waals surface area (Å²) in [6.07, 6.45) is 0.145. The van der Waals surface area contributed by atoms with Crippen molar-refractivity contribution < 1.29 is 4.79 Å². The van der Waals surface area contributed by atoms with Crippen LogP contribution in [0.1, 0.15) is 11.1 Å². The van der Waals surface area contributed by atoms with Gasteiger partial charge in [0, 0.05) is 5.69 Å². The molecule has 0 bridgehead atoms. The lowest BCUT2D eigenvalue weighted by Crippen LogP contribution is -2.32. The molecule has 0 aliphatic rings. The van der Waals surface area contributed by atoms with Gasteiger partial charge >= 0.3 is 0 Å². The van der Waals surface area contributed by atoms with Crippen LogP contribution in [0.25, 0.3) is 0 Å². The molecule has 0 saturated carbocycles. The van der Waals surface area contributed by atoms with Gasteiger partial charge in [0.15, 0.2) is 5.11 Å². The number of rotatable bonds is 5. The van der Waals surface area contributed by atoms with Crippen molar-refractivity contribution in [2.75, 3.05) is 10.2 Å². The standard InChI is InChI=1S/C22H21N3OS/c1-16-9-5-7-13-19(16)25(22(27)24-18-11-3-2-4-12-18)20-14-8-6-10-17(20)15-21(23)26/h2-14H,15H2,1H3,(H2,23,26)(H,24,27). The molecule has 0 radical (unpaired) electrons. The normalized spacial score (nSPS) is 10.3. The van der Waals surface area contributed by atoms with Gasteiger partial charge < -0.3 is 11.1 Å². The number of anilines is 3. The number of carbonyl (C=O) groups excluding carboxylic acids is 1. The van der Waals surface area contributed by atoms with Crippen LogP contribution in [0.5, 0.6) is 0 Å². The number of nitrogens with one attached hydrogen (secondary N) is 1. The Bertz CT molecular complexity index is 957. The molecule has 27 heavy (non-hydrogen) atoms. The Morgan fingerprint density at radius 2 is 1.52 bits per heavy atom. The number of nitrogens with zero attached hydrogens (tertiary/aromatic N) is 1. The number of nitrogens with two attached hydrogens (primary N) is 1. The first-order chi connectivity index (χ1) is 13.1. The van der Waals surface area contributed by atoms with Gasteiger partial charge in [-0.15, -0.1) is 0 Å².